The van der Waals surface area contributed by atoms with Gasteiger partial charge in [-0.3, -0.25) is 0 Å². The molecule has 11 aromatic rings. The average Bonchev–Trinajstić information content (AvgIpc) is 3.79. The lowest BCUT2D eigenvalue weighted by molar-refractivity contribution is 0.669. The van der Waals surface area contributed by atoms with Gasteiger partial charge in [0.25, 0.3) is 0 Å². The molecule has 11 rings (SSSR count). The van der Waals surface area contributed by atoms with Gasteiger partial charge in [0.15, 0.2) is 0 Å². The van der Waals surface area contributed by atoms with Crippen molar-refractivity contribution >= 4 is 92.1 Å². The topological polar surface area (TPSA) is 16.4 Å². The van der Waals surface area contributed by atoms with Crippen LogP contribution in [0, 0.1) is 0 Å². The molecule has 3 heteroatoms. The van der Waals surface area contributed by atoms with E-state index in [2.05, 4.69) is 193 Å². The lowest BCUT2D eigenvalue weighted by atomic mass is 9.90. The van der Waals surface area contributed by atoms with Crippen LogP contribution in [0.25, 0.3) is 85.9 Å². The first-order valence-corrected chi connectivity index (χ1v) is 18.8. The first-order valence-electron chi connectivity index (χ1n) is 18.0. The minimum atomic E-state index is 0.871. The maximum Gasteiger partial charge on any atom is 0.137 e. The van der Waals surface area contributed by atoms with Gasteiger partial charge in [-0.25, -0.2) is 0 Å². The van der Waals surface area contributed by atoms with Crippen LogP contribution in [0.5, 0.6) is 0 Å². The molecule has 0 spiro atoms. The van der Waals surface area contributed by atoms with Crippen molar-refractivity contribution < 1.29 is 4.42 Å². The van der Waals surface area contributed by atoms with Gasteiger partial charge >= 0.3 is 0 Å². The van der Waals surface area contributed by atoms with E-state index in [4.69, 9.17) is 4.42 Å². The molecule has 9 aromatic carbocycles. The summed E-state index contributed by atoms with van der Waals surface area (Å²) in [4.78, 5) is 2.41. The number of hydrogen-bond acceptors (Lipinski definition) is 3. The molecular formula is C50H31NOS. The second-order valence-electron chi connectivity index (χ2n) is 13.6. The Morgan fingerprint density at radius 2 is 1.04 bits per heavy atom. The normalized spacial score (nSPS) is 11.8. The third-order valence-corrected chi connectivity index (χ3v) is 11.8. The van der Waals surface area contributed by atoms with Gasteiger partial charge < -0.3 is 9.32 Å². The Morgan fingerprint density at radius 1 is 0.377 bits per heavy atom. The van der Waals surface area contributed by atoms with E-state index < -0.39 is 0 Å². The van der Waals surface area contributed by atoms with Crippen molar-refractivity contribution in [2.24, 2.45) is 0 Å². The molecule has 0 radical (unpaired) electrons. The second kappa shape index (κ2) is 11.9. The van der Waals surface area contributed by atoms with Gasteiger partial charge in [0, 0.05) is 53.9 Å². The predicted molar refractivity (Wildman–Crippen MR) is 227 cm³/mol. The molecule has 0 aliphatic rings. The average molecular weight is 694 g/mol. The van der Waals surface area contributed by atoms with Crippen molar-refractivity contribution in [3.05, 3.63) is 188 Å². The van der Waals surface area contributed by atoms with E-state index in [9.17, 15) is 0 Å². The van der Waals surface area contributed by atoms with E-state index in [1.165, 1.54) is 58.4 Å². The Bertz CT molecular complexity index is 3180. The van der Waals surface area contributed by atoms with Crippen LogP contribution in [0.4, 0.5) is 17.1 Å². The number of rotatable bonds is 5. The van der Waals surface area contributed by atoms with Crippen LogP contribution >= 0.6 is 11.3 Å². The molecule has 2 heterocycles. The Kier molecular flexibility index (Phi) is 6.76. The minimum Gasteiger partial charge on any atom is -0.456 e. The summed E-state index contributed by atoms with van der Waals surface area (Å²) in [5, 5.41) is 9.74. The number of fused-ring (bicyclic) bond motifs is 9. The molecule has 53 heavy (non-hydrogen) atoms. The zero-order valence-corrected chi connectivity index (χ0v) is 29.5. The third kappa shape index (κ3) is 4.78. The molecule has 0 N–H and O–H groups in total. The molecule has 0 saturated heterocycles. The number of furan rings is 1. The van der Waals surface area contributed by atoms with Gasteiger partial charge in [0.2, 0.25) is 0 Å². The van der Waals surface area contributed by atoms with E-state index in [-0.39, 0.29) is 0 Å². The monoisotopic (exact) mass is 693 g/mol. The molecule has 0 aliphatic carbocycles. The van der Waals surface area contributed by atoms with Crippen molar-refractivity contribution in [2.45, 2.75) is 0 Å². The number of nitrogens with zero attached hydrogens (tertiary/aromatic N) is 1. The maximum atomic E-state index is 6.65. The van der Waals surface area contributed by atoms with Crippen molar-refractivity contribution in [1.82, 2.24) is 0 Å². The van der Waals surface area contributed by atoms with Crippen molar-refractivity contribution in [3.63, 3.8) is 0 Å². The van der Waals surface area contributed by atoms with E-state index in [0.29, 0.717) is 0 Å². The predicted octanol–water partition coefficient (Wildman–Crippen LogP) is 15.1. The highest BCUT2D eigenvalue weighted by Crippen LogP contribution is 2.47. The fraction of sp³-hybridized carbons (Fsp3) is 0. The molecule has 2 nitrogen and oxygen atoms in total. The van der Waals surface area contributed by atoms with Gasteiger partial charge in [-0.05, 0) is 80.7 Å². The zero-order valence-electron chi connectivity index (χ0n) is 28.7. The molecule has 0 unspecified atom stereocenters. The quantitative estimate of drug-likeness (QED) is 0.178. The van der Waals surface area contributed by atoms with Gasteiger partial charge in [0.1, 0.15) is 11.2 Å². The van der Waals surface area contributed by atoms with Crippen molar-refractivity contribution in [3.8, 4) is 22.3 Å². The van der Waals surface area contributed by atoms with Crippen LogP contribution in [0.2, 0.25) is 0 Å². The maximum absolute atomic E-state index is 6.65. The SMILES string of the molecule is c1ccc(-c2cccc3cccc(-c4ccccc4N(c4ccc5c(c4)oc4ccc6ccccc6c45)c4ccc5c(c4)sc4ccccc45)c23)cc1. The highest BCUT2D eigenvalue weighted by Gasteiger charge is 2.22. The van der Waals surface area contributed by atoms with Crippen LogP contribution in [0.15, 0.2) is 192 Å². The zero-order chi connectivity index (χ0) is 34.9. The molecule has 0 saturated carbocycles. The Morgan fingerprint density at radius 3 is 1.92 bits per heavy atom. The highest BCUT2D eigenvalue weighted by atomic mass is 32.1. The van der Waals surface area contributed by atoms with E-state index in [1.54, 1.807) is 0 Å². The lowest BCUT2D eigenvalue weighted by Gasteiger charge is -2.28. The molecule has 248 valence electrons. The van der Waals surface area contributed by atoms with Crippen molar-refractivity contribution in [2.75, 3.05) is 4.90 Å². The number of benzene rings is 9. The summed E-state index contributed by atoms with van der Waals surface area (Å²) in [6.45, 7) is 0. The van der Waals surface area contributed by atoms with Gasteiger partial charge in [-0.2, -0.15) is 0 Å². The number of anilines is 3. The van der Waals surface area contributed by atoms with E-state index in [0.717, 1.165) is 44.6 Å². The van der Waals surface area contributed by atoms with Gasteiger partial charge in [-0.1, -0.05) is 140 Å². The van der Waals surface area contributed by atoms with Crippen LogP contribution in [-0.2, 0) is 0 Å². The number of thiophene rings is 1. The Hall–Kier alpha value is -6.68. The second-order valence-corrected chi connectivity index (χ2v) is 14.7. The summed E-state index contributed by atoms with van der Waals surface area (Å²) in [5.74, 6) is 0. The van der Waals surface area contributed by atoms with Crippen molar-refractivity contribution in [1.29, 1.82) is 0 Å². The number of para-hydroxylation sites is 1. The van der Waals surface area contributed by atoms with Gasteiger partial charge in [0.05, 0.1) is 5.69 Å². The summed E-state index contributed by atoms with van der Waals surface area (Å²) >= 11 is 1.85. The van der Waals surface area contributed by atoms with Crippen LogP contribution in [-0.4, -0.2) is 0 Å². The Balaban J connectivity index is 1.18. The lowest BCUT2D eigenvalue weighted by Crippen LogP contribution is -2.11. The molecular weight excluding hydrogens is 663 g/mol. The highest BCUT2D eigenvalue weighted by molar-refractivity contribution is 7.25. The summed E-state index contributed by atoms with van der Waals surface area (Å²) in [5.41, 5.74) is 9.80. The fourth-order valence-corrected chi connectivity index (χ4v) is 9.41. The van der Waals surface area contributed by atoms with Crippen LogP contribution < -0.4 is 4.90 Å². The molecule has 0 atom stereocenters. The largest absolute Gasteiger partial charge is 0.456 e. The van der Waals surface area contributed by atoms with E-state index >= 15 is 0 Å². The summed E-state index contributed by atoms with van der Waals surface area (Å²) in [6, 6.07) is 68.0. The molecule has 0 bridgehead atoms. The van der Waals surface area contributed by atoms with Crippen LogP contribution in [0.3, 0.4) is 0 Å². The minimum absolute atomic E-state index is 0.871. The van der Waals surface area contributed by atoms with E-state index in [1.807, 2.05) is 11.3 Å². The Labute approximate surface area is 310 Å². The smallest absolute Gasteiger partial charge is 0.137 e. The first kappa shape index (κ1) is 30.0. The third-order valence-electron chi connectivity index (χ3n) is 10.6. The summed E-state index contributed by atoms with van der Waals surface area (Å²) < 4.78 is 9.21. The molecule has 2 aromatic heterocycles. The summed E-state index contributed by atoms with van der Waals surface area (Å²) in [6.07, 6.45) is 0. The van der Waals surface area contributed by atoms with Gasteiger partial charge in [-0.15, -0.1) is 11.3 Å². The molecule has 0 fully saturated rings. The first-order chi connectivity index (χ1) is 26.3. The fourth-order valence-electron chi connectivity index (χ4n) is 8.27. The number of hydrogen-bond donors (Lipinski definition) is 0. The summed E-state index contributed by atoms with van der Waals surface area (Å²) in [7, 11) is 0. The molecule has 0 aliphatic heterocycles. The standard InChI is InChI=1S/C50H31NOS/c1-2-12-32(13-3-1)37-20-10-15-34-16-11-21-42(49(34)37)39-18-6-8-22-44(39)51(36-25-27-41-40-19-7-9-23-47(40)53-48(41)31-36)35-26-28-43-46(30-35)52-45-29-24-33-14-4-5-17-38(33)50(43)45/h1-31H. The molecule has 0 amide bonds. The van der Waals surface area contributed by atoms with Crippen LogP contribution in [0.1, 0.15) is 0 Å².